The predicted molar refractivity (Wildman–Crippen MR) is 88.2 cm³/mol. The van der Waals surface area contributed by atoms with Crippen molar-refractivity contribution in [3.05, 3.63) is 35.4 Å². The van der Waals surface area contributed by atoms with E-state index >= 15 is 0 Å². The number of rotatable bonds is 5. The molecule has 1 aromatic carbocycles. The van der Waals surface area contributed by atoms with Gasteiger partial charge in [-0.05, 0) is 44.2 Å². The Morgan fingerprint density at radius 1 is 1.00 bits per heavy atom. The third kappa shape index (κ3) is 4.94. The van der Waals surface area contributed by atoms with E-state index in [4.69, 9.17) is 0 Å². The third-order valence-corrected chi connectivity index (χ3v) is 4.76. The van der Waals surface area contributed by atoms with Gasteiger partial charge in [0.25, 0.3) is 0 Å². The van der Waals surface area contributed by atoms with Gasteiger partial charge >= 0.3 is 0 Å². The lowest BCUT2D eigenvalue weighted by atomic mass is 9.83. The Morgan fingerprint density at radius 3 is 2.20 bits per heavy atom. The fraction of sp³-hybridized carbons (Fsp3) is 0.684. The van der Waals surface area contributed by atoms with E-state index in [2.05, 4.69) is 43.4 Å². The van der Waals surface area contributed by atoms with E-state index in [1.54, 1.807) is 0 Å². The molecule has 1 atom stereocenters. The van der Waals surface area contributed by atoms with Gasteiger partial charge in [0.2, 0.25) is 0 Å². The van der Waals surface area contributed by atoms with Crippen LogP contribution in [0.25, 0.3) is 0 Å². The Balaban J connectivity index is 1.98. The van der Waals surface area contributed by atoms with Crippen molar-refractivity contribution in [3.63, 3.8) is 0 Å². The first-order valence-corrected chi connectivity index (χ1v) is 8.58. The van der Waals surface area contributed by atoms with Crippen molar-refractivity contribution < 1.29 is 0 Å². The van der Waals surface area contributed by atoms with Crippen LogP contribution in [0, 0.1) is 12.8 Å². The van der Waals surface area contributed by atoms with Crippen LogP contribution < -0.4 is 5.32 Å². The summed E-state index contributed by atoms with van der Waals surface area (Å²) in [5, 5.41) is 3.76. The molecule has 0 bridgehead atoms. The van der Waals surface area contributed by atoms with Crippen LogP contribution in [0.5, 0.6) is 0 Å². The Kier molecular flexibility index (Phi) is 6.59. The lowest BCUT2D eigenvalue weighted by Crippen LogP contribution is -2.38. The molecule has 1 nitrogen and oxygen atoms in total. The van der Waals surface area contributed by atoms with Gasteiger partial charge in [-0.15, -0.1) is 0 Å². The lowest BCUT2D eigenvalue weighted by molar-refractivity contribution is 0.286. The minimum Gasteiger partial charge on any atom is -0.314 e. The first-order valence-electron chi connectivity index (χ1n) is 8.58. The third-order valence-electron chi connectivity index (χ3n) is 4.76. The SMILES string of the molecule is CCNC(Cc1ccc(C)cc1)C1CCCCCCC1. The predicted octanol–water partition coefficient (Wildman–Crippen LogP) is 4.88. The molecule has 1 aliphatic carbocycles. The highest BCUT2D eigenvalue weighted by Crippen LogP contribution is 2.26. The van der Waals surface area contributed by atoms with Gasteiger partial charge in [0.15, 0.2) is 0 Å². The number of hydrogen-bond donors (Lipinski definition) is 1. The molecule has 1 aliphatic rings. The molecule has 1 aromatic rings. The topological polar surface area (TPSA) is 12.0 Å². The standard InChI is InChI=1S/C19H31N/c1-3-20-19(15-17-13-11-16(2)12-14-17)18-9-7-5-4-6-8-10-18/h11-14,18-20H,3-10,15H2,1-2H3. The molecule has 1 N–H and O–H groups in total. The maximum absolute atomic E-state index is 3.76. The highest BCUT2D eigenvalue weighted by atomic mass is 14.9. The minimum atomic E-state index is 0.667. The van der Waals surface area contributed by atoms with Crippen LogP contribution in [-0.2, 0) is 6.42 Å². The summed E-state index contributed by atoms with van der Waals surface area (Å²) in [5.41, 5.74) is 2.85. The Morgan fingerprint density at radius 2 is 1.60 bits per heavy atom. The van der Waals surface area contributed by atoms with Crippen molar-refractivity contribution >= 4 is 0 Å². The lowest BCUT2D eigenvalue weighted by Gasteiger charge is -2.29. The van der Waals surface area contributed by atoms with E-state index in [9.17, 15) is 0 Å². The number of benzene rings is 1. The van der Waals surface area contributed by atoms with Gasteiger partial charge in [0.1, 0.15) is 0 Å². The summed E-state index contributed by atoms with van der Waals surface area (Å²) in [6.07, 6.45) is 11.2. The van der Waals surface area contributed by atoms with Crippen LogP contribution >= 0.6 is 0 Å². The Labute approximate surface area is 125 Å². The first-order chi connectivity index (χ1) is 9.79. The van der Waals surface area contributed by atoms with Crippen molar-refractivity contribution in [1.82, 2.24) is 5.32 Å². The van der Waals surface area contributed by atoms with Gasteiger partial charge < -0.3 is 5.32 Å². The summed E-state index contributed by atoms with van der Waals surface area (Å²) in [5.74, 6) is 0.872. The second kappa shape index (κ2) is 8.46. The van der Waals surface area contributed by atoms with Crippen LogP contribution in [0.1, 0.15) is 63.0 Å². The number of aryl methyl sites for hydroxylation is 1. The van der Waals surface area contributed by atoms with E-state index in [1.165, 1.54) is 62.5 Å². The highest BCUT2D eigenvalue weighted by Gasteiger charge is 2.21. The monoisotopic (exact) mass is 273 g/mol. The molecule has 1 fully saturated rings. The summed E-state index contributed by atoms with van der Waals surface area (Å²) in [6, 6.07) is 9.78. The maximum atomic E-state index is 3.76. The zero-order valence-corrected chi connectivity index (χ0v) is 13.3. The van der Waals surface area contributed by atoms with Crippen molar-refractivity contribution in [3.8, 4) is 0 Å². The normalized spacial score (nSPS) is 19.3. The molecular formula is C19H31N. The first kappa shape index (κ1) is 15.6. The van der Waals surface area contributed by atoms with E-state index in [0.29, 0.717) is 6.04 Å². The molecular weight excluding hydrogens is 242 g/mol. The molecule has 0 saturated heterocycles. The molecule has 1 heteroatoms. The summed E-state index contributed by atoms with van der Waals surface area (Å²) < 4.78 is 0. The van der Waals surface area contributed by atoms with Crippen molar-refractivity contribution in [2.45, 2.75) is 71.3 Å². The fourth-order valence-electron chi connectivity index (χ4n) is 3.54. The molecule has 1 unspecified atom stereocenters. The van der Waals surface area contributed by atoms with Gasteiger partial charge in [0.05, 0.1) is 0 Å². The van der Waals surface area contributed by atoms with Crippen molar-refractivity contribution in [2.24, 2.45) is 5.92 Å². The van der Waals surface area contributed by atoms with E-state index in [0.717, 1.165) is 12.5 Å². The number of hydrogen-bond acceptors (Lipinski definition) is 1. The second-order valence-electron chi connectivity index (χ2n) is 6.46. The van der Waals surface area contributed by atoms with E-state index < -0.39 is 0 Å². The molecule has 112 valence electrons. The van der Waals surface area contributed by atoms with Gasteiger partial charge in [0, 0.05) is 6.04 Å². The van der Waals surface area contributed by atoms with Crippen molar-refractivity contribution in [2.75, 3.05) is 6.54 Å². The highest BCUT2D eigenvalue weighted by molar-refractivity contribution is 5.22. The summed E-state index contributed by atoms with van der Waals surface area (Å²) >= 11 is 0. The molecule has 1 saturated carbocycles. The van der Waals surface area contributed by atoms with Gasteiger partial charge in [-0.1, -0.05) is 68.9 Å². The summed E-state index contributed by atoms with van der Waals surface area (Å²) in [7, 11) is 0. The van der Waals surface area contributed by atoms with Crippen LogP contribution in [0.2, 0.25) is 0 Å². The molecule has 0 aromatic heterocycles. The molecule has 0 spiro atoms. The zero-order valence-electron chi connectivity index (χ0n) is 13.3. The maximum Gasteiger partial charge on any atom is 0.0136 e. The quantitative estimate of drug-likeness (QED) is 0.806. The Bertz CT molecular complexity index is 360. The van der Waals surface area contributed by atoms with Gasteiger partial charge in [-0.2, -0.15) is 0 Å². The van der Waals surface area contributed by atoms with E-state index in [-0.39, 0.29) is 0 Å². The summed E-state index contributed by atoms with van der Waals surface area (Å²) in [4.78, 5) is 0. The number of nitrogens with one attached hydrogen (secondary N) is 1. The van der Waals surface area contributed by atoms with E-state index in [1.807, 2.05) is 0 Å². The molecule has 2 rings (SSSR count). The molecule has 0 aliphatic heterocycles. The zero-order chi connectivity index (χ0) is 14.2. The molecule has 0 heterocycles. The average molecular weight is 273 g/mol. The average Bonchev–Trinajstić information content (AvgIpc) is 2.41. The second-order valence-corrected chi connectivity index (χ2v) is 6.46. The largest absolute Gasteiger partial charge is 0.314 e. The van der Waals surface area contributed by atoms with Gasteiger partial charge in [-0.25, -0.2) is 0 Å². The van der Waals surface area contributed by atoms with Crippen LogP contribution in [0.15, 0.2) is 24.3 Å². The fourth-order valence-corrected chi connectivity index (χ4v) is 3.54. The molecule has 20 heavy (non-hydrogen) atoms. The minimum absolute atomic E-state index is 0.667. The Hall–Kier alpha value is -0.820. The van der Waals surface area contributed by atoms with Gasteiger partial charge in [-0.3, -0.25) is 0 Å². The molecule has 0 radical (unpaired) electrons. The van der Waals surface area contributed by atoms with Crippen LogP contribution in [0.4, 0.5) is 0 Å². The number of likely N-dealkylation sites (N-methyl/N-ethyl adjacent to an activating group) is 1. The van der Waals surface area contributed by atoms with Crippen LogP contribution in [-0.4, -0.2) is 12.6 Å². The smallest absolute Gasteiger partial charge is 0.0136 e. The van der Waals surface area contributed by atoms with Crippen molar-refractivity contribution in [1.29, 1.82) is 0 Å². The molecule has 0 amide bonds. The summed E-state index contributed by atoms with van der Waals surface area (Å²) in [6.45, 7) is 5.50. The van der Waals surface area contributed by atoms with Crippen LogP contribution in [0.3, 0.4) is 0 Å².